The average molecular weight is 336 g/mol. The van der Waals surface area contributed by atoms with E-state index in [1.54, 1.807) is 6.20 Å². The summed E-state index contributed by atoms with van der Waals surface area (Å²) in [5.41, 5.74) is 5.27. The molecule has 0 bridgehead atoms. The lowest BCUT2D eigenvalue weighted by Gasteiger charge is -2.10. The lowest BCUT2D eigenvalue weighted by molar-refractivity contribution is 0.102. The van der Waals surface area contributed by atoms with Gasteiger partial charge in [-0.05, 0) is 55.7 Å². The number of thioether (sulfide) groups is 1. The molecule has 2 aromatic carbocycles. The maximum atomic E-state index is 12.6. The van der Waals surface area contributed by atoms with Crippen molar-refractivity contribution in [2.75, 3.05) is 5.75 Å². The van der Waals surface area contributed by atoms with Crippen molar-refractivity contribution in [3.8, 4) is 5.69 Å². The summed E-state index contributed by atoms with van der Waals surface area (Å²) in [5.74, 6) is 0.524. The number of nitrogens with zero attached hydrogens (tertiary/aromatic N) is 2. The molecule has 0 unspecified atom stereocenters. The molecular formula is C20H20N2OS. The summed E-state index contributed by atoms with van der Waals surface area (Å²) < 4.78 is 2.01. The molecule has 0 N–H and O–H groups in total. The third kappa shape index (κ3) is 3.44. The van der Waals surface area contributed by atoms with Crippen LogP contribution in [0.3, 0.4) is 0 Å². The Bertz CT molecular complexity index is 869. The van der Waals surface area contributed by atoms with Gasteiger partial charge in [-0.1, -0.05) is 36.0 Å². The largest absolute Gasteiger partial charge is 0.295 e. The SMILES string of the molecule is Cc1cc(C)c(C(=O)CSc2nccn2-c2ccccc2)cc1C. The minimum atomic E-state index is 0.142. The van der Waals surface area contributed by atoms with E-state index in [1.165, 1.54) is 17.3 Å². The Morgan fingerprint density at radius 2 is 1.75 bits per heavy atom. The number of aromatic nitrogens is 2. The summed E-state index contributed by atoms with van der Waals surface area (Å²) in [6.07, 6.45) is 3.69. The van der Waals surface area contributed by atoms with Gasteiger partial charge in [0.2, 0.25) is 0 Å². The van der Waals surface area contributed by atoms with Gasteiger partial charge < -0.3 is 0 Å². The fourth-order valence-corrected chi connectivity index (χ4v) is 3.51. The Hall–Kier alpha value is -2.33. The number of para-hydroxylation sites is 1. The maximum absolute atomic E-state index is 12.6. The molecule has 0 aliphatic heterocycles. The van der Waals surface area contributed by atoms with Gasteiger partial charge in [-0.2, -0.15) is 0 Å². The van der Waals surface area contributed by atoms with E-state index in [2.05, 4.69) is 18.0 Å². The van der Waals surface area contributed by atoms with Crippen LogP contribution in [0.4, 0.5) is 0 Å². The Morgan fingerprint density at radius 3 is 2.50 bits per heavy atom. The molecule has 3 rings (SSSR count). The zero-order chi connectivity index (χ0) is 17.1. The van der Waals surface area contributed by atoms with Crippen LogP contribution in [0.25, 0.3) is 5.69 Å². The predicted molar refractivity (Wildman–Crippen MR) is 99.3 cm³/mol. The van der Waals surface area contributed by atoms with Gasteiger partial charge in [-0.25, -0.2) is 4.98 Å². The number of hydrogen-bond acceptors (Lipinski definition) is 3. The number of carbonyl (C=O) groups excluding carboxylic acids is 1. The molecular weight excluding hydrogens is 316 g/mol. The molecule has 0 atom stereocenters. The topological polar surface area (TPSA) is 34.9 Å². The Labute approximate surface area is 146 Å². The summed E-state index contributed by atoms with van der Waals surface area (Å²) >= 11 is 1.47. The minimum absolute atomic E-state index is 0.142. The molecule has 0 spiro atoms. The van der Waals surface area contributed by atoms with Crippen LogP contribution in [0.2, 0.25) is 0 Å². The molecule has 0 radical (unpaired) electrons. The second-order valence-corrected chi connectivity index (χ2v) is 6.82. The first-order valence-electron chi connectivity index (χ1n) is 7.89. The predicted octanol–water partition coefficient (Wildman–Crippen LogP) is 4.77. The number of benzene rings is 2. The number of imidazole rings is 1. The highest BCUT2D eigenvalue weighted by Crippen LogP contribution is 2.23. The average Bonchev–Trinajstić information content (AvgIpc) is 3.05. The number of aryl methyl sites for hydroxylation is 3. The van der Waals surface area contributed by atoms with Crippen LogP contribution in [-0.4, -0.2) is 21.1 Å². The standard InChI is InChI=1S/C20H20N2OS/c1-14-11-16(3)18(12-15(14)2)19(23)13-24-20-21-9-10-22(20)17-7-5-4-6-8-17/h4-12H,13H2,1-3H3. The summed E-state index contributed by atoms with van der Waals surface area (Å²) in [6.45, 7) is 6.11. The third-order valence-corrected chi connectivity index (χ3v) is 5.08. The highest BCUT2D eigenvalue weighted by Gasteiger charge is 2.13. The molecule has 1 heterocycles. The molecule has 24 heavy (non-hydrogen) atoms. The van der Waals surface area contributed by atoms with Crippen LogP contribution in [-0.2, 0) is 0 Å². The lowest BCUT2D eigenvalue weighted by atomic mass is 9.99. The normalized spacial score (nSPS) is 10.8. The van der Waals surface area contributed by atoms with E-state index < -0.39 is 0 Å². The zero-order valence-corrected chi connectivity index (χ0v) is 14.9. The lowest BCUT2D eigenvalue weighted by Crippen LogP contribution is -2.07. The smallest absolute Gasteiger partial charge is 0.173 e. The van der Waals surface area contributed by atoms with Crippen LogP contribution in [0, 0.1) is 20.8 Å². The summed E-state index contributed by atoms with van der Waals surface area (Å²) in [7, 11) is 0. The van der Waals surface area contributed by atoms with E-state index in [4.69, 9.17) is 0 Å². The van der Waals surface area contributed by atoms with Crippen LogP contribution in [0.5, 0.6) is 0 Å². The van der Waals surface area contributed by atoms with Gasteiger partial charge in [-0.3, -0.25) is 9.36 Å². The maximum Gasteiger partial charge on any atom is 0.173 e. The fourth-order valence-electron chi connectivity index (χ4n) is 2.65. The van der Waals surface area contributed by atoms with Crippen LogP contribution < -0.4 is 0 Å². The molecule has 0 aliphatic carbocycles. The molecule has 0 saturated heterocycles. The van der Waals surface area contributed by atoms with Crippen molar-refractivity contribution >= 4 is 17.5 Å². The van der Waals surface area contributed by atoms with E-state index in [-0.39, 0.29) is 5.78 Å². The van der Waals surface area contributed by atoms with Crippen LogP contribution in [0.15, 0.2) is 60.0 Å². The van der Waals surface area contributed by atoms with Crippen molar-refractivity contribution in [3.05, 3.63) is 77.1 Å². The molecule has 4 heteroatoms. The summed E-state index contributed by atoms with van der Waals surface area (Å²) in [4.78, 5) is 17.0. The molecule has 0 fully saturated rings. The van der Waals surface area contributed by atoms with E-state index >= 15 is 0 Å². The first kappa shape index (κ1) is 16.5. The fraction of sp³-hybridized carbons (Fsp3) is 0.200. The van der Waals surface area contributed by atoms with Gasteiger partial charge in [0.25, 0.3) is 0 Å². The van der Waals surface area contributed by atoms with Crippen molar-refractivity contribution < 1.29 is 4.79 Å². The van der Waals surface area contributed by atoms with Gasteiger partial charge >= 0.3 is 0 Å². The van der Waals surface area contributed by atoms with Crippen molar-refractivity contribution in [1.29, 1.82) is 0 Å². The number of Topliss-reactive ketones (excluding diaryl/α,β-unsaturated/α-hetero) is 1. The Morgan fingerprint density at radius 1 is 1.04 bits per heavy atom. The minimum Gasteiger partial charge on any atom is -0.295 e. The van der Waals surface area contributed by atoms with Gasteiger partial charge in [0, 0.05) is 23.6 Å². The molecule has 0 amide bonds. The molecule has 3 aromatic rings. The summed E-state index contributed by atoms with van der Waals surface area (Å²) in [6, 6.07) is 14.1. The van der Waals surface area contributed by atoms with Crippen molar-refractivity contribution in [3.63, 3.8) is 0 Å². The van der Waals surface area contributed by atoms with E-state index in [1.807, 2.05) is 61.0 Å². The van der Waals surface area contributed by atoms with Gasteiger partial charge in [-0.15, -0.1) is 0 Å². The monoisotopic (exact) mass is 336 g/mol. The van der Waals surface area contributed by atoms with Crippen molar-refractivity contribution in [2.24, 2.45) is 0 Å². The van der Waals surface area contributed by atoms with Crippen molar-refractivity contribution in [1.82, 2.24) is 9.55 Å². The van der Waals surface area contributed by atoms with Gasteiger partial charge in [0.05, 0.1) is 5.75 Å². The van der Waals surface area contributed by atoms with Crippen LogP contribution in [0.1, 0.15) is 27.0 Å². The Balaban J connectivity index is 1.77. The first-order valence-corrected chi connectivity index (χ1v) is 8.87. The number of rotatable bonds is 5. The van der Waals surface area contributed by atoms with E-state index in [0.29, 0.717) is 5.75 Å². The molecule has 0 aliphatic rings. The second kappa shape index (κ2) is 7.05. The first-order chi connectivity index (χ1) is 11.6. The second-order valence-electron chi connectivity index (χ2n) is 5.88. The highest BCUT2D eigenvalue weighted by molar-refractivity contribution is 7.99. The van der Waals surface area contributed by atoms with Crippen LogP contribution >= 0.6 is 11.8 Å². The molecule has 3 nitrogen and oxygen atoms in total. The third-order valence-electron chi connectivity index (χ3n) is 4.11. The van der Waals surface area contributed by atoms with E-state index in [9.17, 15) is 4.79 Å². The molecule has 1 aromatic heterocycles. The van der Waals surface area contributed by atoms with Crippen molar-refractivity contribution in [2.45, 2.75) is 25.9 Å². The van der Waals surface area contributed by atoms with Gasteiger partial charge in [0.1, 0.15) is 0 Å². The highest BCUT2D eigenvalue weighted by atomic mass is 32.2. The van der Waals surface area contributed by atoms with Gasteiger partial charge in [0.15, 0.2) is 10.9 Å². The number of hydrogen-bond donors (Lipinski definition) is 0. The Kier molecular flexibility index (Phi) is 4.86. The number of carbonyl (C=O) groups is 1. The quantitative estimate of drug-likeness (QED) is 0.497. The summed E-state index contributed by atoms with van der Waals surface area (Å²) in [5, 5.41) is 0.830. The number of ketones is 1. The molecule has 0 saturated carbocycles. The molecule has 122 valence electrons. The zero-order valence-electron chi connectivity index (χ0n) is 14.1. The van der Waals surface area contributed by atoms with E-state index in [0.717, 1.165) is 27.5 Å².